The van der Waals surface area contributed by atoms with E-state index >= 15 is 0 Å². The lowest BCUT2D eigenvalue weighted by Crippen LogP contribution is -2.40. The smallest absolute Gasteiger partial charge is 0.417 e. The maximum absolute atomic E-state index is 13.0. The van der Waals surface area contributed by atoms with Crippen molar-refractivity contribution in [2.24, 2.45) is 0 Å². The highest BCUT2D eigenvalue weighted by atomic mass is 35.5. The number of alkyl halides is 3. The number of urea groups is 1. The van der Waals surface area contributed by atoms with Gasteiger partial charge in [0.15, 0.2) is 6.61 Å². The second kappa shape index (κ2) is 9.28. The molecule has 3 N–H and O–H groups in total. The molecule has 0 aliphatic carbocycles. The molecular weight excluding hydrogens is 415 g/mol. The molecule has 0 spiro atoms. The van der Waals surface area contributed by atoms with Crippen LogP contribution < -0.4 is 20.7 Å². The number of carbonyl (C=O) groups is 3. The highest BCUT2D eigenvalue weighted by Gasteiger charge is 2.33. The topological polar surface area (TPSA) is 96.5 Å². The molecule has 7 nitrogen and oxygen atoms in total. The summed E-state index contributed by atoms with van der Waals surface area (Å²) in [4.78, 5) is 35.2. The summed E-state index contributed by atoms with van der Waals surface area (Å²) in [5.74, 6) is -1.52. The van der Waals surface area contributed by atoms with Crippen LogP contribution in [-0.2, 0) is 11.0 Å². The van der Waals surface area contributed by atoms with Crippen molar-refractivity contribution in [3.05, 3.63) is 58.6 Å². The summed E-state index contributed by atoms with van der Waals surface area (Å²) in [5.41, 5.74) is -1.24. The molecule has 0 heterocycles. The Morgan fingerprint density at radius 1 is 1.10 bits per heavy atom. The molecule has 11 heteroatoms. The van der Waals surface area contributed by atoms with Gasteiger partial charge in [-0.3, -0.25) is 14.9 Å². The monoisotopic (exact) mass is 429 g/mol. The van der Waals surface area contributed by atoms with E-state index in [2.05, 4.69) is 10.6 Å². The van der Waals surface area contributed by atoms with Crippen molar-refractivity contribution in [2.45, 2.75) is 6.18 Å². The number of imide groups is 1. The van der Waals surface area contributed by atoms with E-state index in [0.29, 0.717) is 6.07 Å². The molecule has 2 rings (SSSR count). The quantitative estimate of drug-likeness (QED) is 0.678. The maximum Gasteiger partial charge on any atom is 0.417 e. The molecule has 0 bridgehead atoms. The van der Waals surface area contributed by atoms with E-state index in [1.165, 1.54) is 37.4 Å². The van der Waals surface area contributed by atoms with Gasteiger partial charge in [0.1, 0.15) is 5.75 Å². The molecule has 0 saturated carbocycles. The largest absolute Gasteiger partial charge is 0.483 e. The van der Waals surface area contributed by atoms with E-state index < -0.39 is 41.2 Å². The number of nitrogens with one attached hydrogen (secondary N) is 3. The van der Waals surface area contributed by atoms with Gasteiger partial charge in [0, 0.05) is 12.7 Å². The van der Waals surface area contributed by atoms with Crippen molar-refractivity contribution in [2.75, 3.05) is 19.0 Å². The molecule has 0 radical (unpaired) electrons. The van der Waals surface area contributed by atoms with Crippen molar-refractivity contribution in [3.8, 4) is 5.75 Å². The first-order valence-corrected chi connectivity index (χ1v) is 8.41. The number of hydrogen-bond donors (Lipinski definition) is 3. The van der Waals surface area contributed by atoms with Crippen LogP contribution >= 0.6 is 11.6 Å². The van der Waals surface area contributed by atoms with Gasteiger partial charge in [0.25, 0.3) is 11.8 Å². The van der Waals surface area contributed by atoms with Crippen LogP contribution in [0.2, 0.25) is 5.02 Å². The molecule has 154 valence electrons. The van der Waals surface area contributed by atoms with Crippen LogP contribution in [0.4, 0.5) is 23.7 Å². The van der Waals surface area contributed by atoms with E-state index in [4.69, 9.17) is 16.3 Å². The summed E-state index contributed by atoms with van der Waals surface area (Å²) in [6.45, 7) is -0.559. The summed E-state index contributed by atoms with van der Waals surface area (Å²) in [6.07, 6.45) is -4.68. The lowest BCUT2D eigenvalue weighted by Gasteiger charge is -2.13. The van der Waals surface area contributed by atoms with Gasteiger partial charge in [0.2, 0.25) is 0 Å². The Hall–Kier alpha value is -3.27. The first-order valence-electron chi connectivity index (χ1n) is 8.03. The van der Waals surface area contributed by atoms with Crippen LogP contribution in [0.15, 0.2) is 42.5 Å². The summed E-state index contributed by atoms with van der Waals surface area (Å²) < 4.78 is 44.1. The number of carbonyl (C=O) groups excluding carboxylic acids is 3. The van der Waals surface area contributed by atoms with Gasteiger partial charge in [-0.25, -0.2) is 4.79 Å². The third-order valence-electron chi connectivity index (χ3n) is 3.50. The highest BCUT2D eigenvalue weighted by Crippen LogP contribution is 2.36. The Bertz CT molecular complexity index is 935. The van der Waals surface area contributed by atoms with Gasteiger partial charge in [-0.1, -0.05) is 23.7 Å². The lowest BCUT2D eigenvalue weighted by atomic mass is 10.1. The molecule has 2 aromatic carbocycles. The molecular formula is C18H15ClF3N3O4. The fourth-order valence-corrected chi connectivity index (χ4v) is 2.39. The molecule has 0 atom stereocenters. The third-order valence-corrected chi connectivity index (χ3v) is 3.83. The zero-order valence-corrected chi connectivity index (χ0v) is 15.6. The number of anilines is 1. The number of hydrogen-bond acceptors (Lipinski definition) is 4. The fourth-order valence-electron chi connectivity index (χ4n) is 2.17. The Kier molecular flexibility index (Phi) is 7.05. The minimum atomic E-state index is -4.68. The van der Waals surface area contributed by atoms with Crippen LogP contribution in [0, 0.1) is 0 Å². The van der Waals surface area contributed by atoms with Gasteiger partial charge < -0.3 is 15.4 Å². The van der Waals surface area contributed by atoms with Crippen LogP contribution in [0.3, 0.4) is 0 Å². The van der Waals surface area contributed by atoms with Crippen molar-refractivity contribution < 1.29 is 32.3 Å². The predicted molar refractivity (Wildman–Crippen MR) is 98.9 cm³/mol. The number of para-hydroxylation sites is 1. The summed E-state index contributed by atoms with van der Waals surface area (Å²) in [7, 11) is 1.32. The van der Waals surface area contributed by atoms with E-state index in [9.17, 15) is 27.6 Å². The molecule has 0 aliphatic rings. The van der Waals surface area contributed by atoms with E-state index in [0.717, 1.165) is 6.07 Å². The molecule has 0 fully saturated rings. The second-order valence-corrected chi connectivity index (χ2v) is 5.97. The number of ether oxygens (including phenoxy) is 1. The normalized spacial score (nSPS) is 10.8. The second-order valence-electron chi connectivity index (χ2n) is 5.56. The Morgan fingerprint density at radius 3 is 2.45 bits per heavy atom. The van der Waals surface area contributed by atoms with Gasteiger partial charge >= 0.3 is 12.2 Å². The molecule has 0 aromatic heterocycles. The number of amides is 4. The van der Waals surface area contributed by atoms with Crippen molar-refractivity contribution in [1.29, 1.82) is 0 Å². The van der Waals surface area contributed by atoms with Crippen molar-refractivity contribution >= 4 is 35.1 Å². The van der Waals surface area contributed by atoms with Gasteiger partial charge in [-0.05, 0) is 30.3 Å². The maximum atomic E-state index is 13.0. The standard InChI is InChI=1S/C18H15ClF3N3O4/c1-23-17(28)25-15(26)9-29-14-5-3-2-4-11(14)16(27)24-10-6-7-13(19)12(8-10)18(20,21)22/h2-8H,9H2,1H3,(H,24,27)(H2,23,25,26,28). The van der Waals surface area contributed by atoms with Gasteiger partial charge in [0.05, 0.1) is 16.1 Å². The minimum absolute atomic E-state index is 0.00191. The summed E-state index contributed by atoms with van der Waals surface area (Å²) in [6, 6.07) is 8.02. The Labute approximate surface area is 168 Å². The molecule has 0 aliphatic heterocycles. The fraction of sp³-hybridized carbons (Fsp3) is 0.167. The van der Waals surface area contributed by atoms with Crippen LogP contribution in [-0.4, -0.2) is 31.5 Å². The average Bonchev–Trinajstić information content (AvgIpc) is 2.67. The zero-order chi connectivity index (χ0) is 21.6. The Morgan fingerprint density at radius 2 is 1.79 bits per heavy atom. The first kappa shape index (κ1) is 22.0. The number of rotatable bonds is 5. The van der Waals surface area contributed by atoms with E-state index in [-0.39, 0.29) is 17.0 Å². The summed E-state index contributed by atoms with van der Waals surface area (Å²) >= 11 is 5.56. The molecule has 4 amide bonds. The van der Waals surface area contributed by atoms with Crippen molar-refractivity contribution in [1.82, 2.24) is 10.6 Å². The van der Waals surface area contributed by atoms with Crippen molar-refractivity contribution in [3.63, 3.8) is 0 Å². The van der Waals surface area contributed by atoms with Gasteiger partial charge in [-0.15, -0.1) is 0 Å². The van der Waals surface area contributed by atoms with E-state index in [1.807, 2.05) is 5.32 Å². The molecule has 2 aromatic rings. The number of halogens is 4. The molecule has 0 saturated heterocycles. The first-order chi connectivity index (χ1) is 13.6. The lowest BCUT2D eigenvalue weighted by molar-refractivity contribution is -0.137. The molecule has 0 unspecified atom stereocenters. The number of benzene rings is 2. The molecule has 29 heavy (non-hydrogen) atoms. The van der Waals surface area contributed by atoms with E-state index in [1.54, 1.807) is 0 Å². The third kappa shape index (κ3) is 6.11. The van der Waals surface area contributed by atoms with Crippen LogP contribution in [0.5, 0.6) is 5.75 Å². The Balaban J connectivity index is 2.14. The van der Waals surface area contributed by atoms with Crippen LogP contribution in [0.1, 0.15) is 15.9 Å². The highest BCUT2D eigenvalue weighted by molar-refractivity contribution is 6.31. The minimum Gasteiger partial charge on any atom is -0.483 e. The SMILES string of the molecule is CNC(=O)NC(=O)COc1ccccc1C(=O)Nc1ccc(Cl)c(C(F)(F)F)c1. The predicted octanol–water partition coefficient (Wildman–Crippen LogP) is 3.45. The average molecular weight is 430 g/mol. The zero-order valence-electron chi connectivity index (χ0n) is 14.9. The van der Waals surface area contributed by atoms with Gasteiger partial charge in [-0.2, -0.15) is 13.2 Å². The summed E-state index contributed by atoms with van der Waals surface area (Å²) in [5, 5.41) is 6.00. The van der Waals surface area contributed by atoms with Crippen LogP contribution in [0.25, 0.3) is 0 Å².